The topological polar surface area (TPSA) is 71.4 Å². The number of aryl methyl sites for hydroxylation is 1. The minimum atomic E-state index is -0.366. The molecule has 6 heteroatoms. The van der Waals surface area contributed by atoms with Crippen LogP contribution >= 0.6 is 0 Å². The van der Waals surface area contributed by atoms with Crippen molar-refractivity contribution < 1.29 is 9.59 Å². The Balaban J connectivity index is 1.88. The second kappa shape index (κ2) is 9.22. The number of pyridine rings is 1. The molecular formula is C24H25N3O3. The minimum absolute atomic E-state index is 0.0927. The predicted molar refractivity (Wildman–Crippen MR) is 118 cm³/mol. The average molecular weight is 403 g/mol. The summed E-state index contributed by atoms with van der Waals surface area (Å²) in [7, 11) is 4.83. The number of rotatable bonds is 6. The zero-order valence-electron chi connectivity index (χ0n) is 17.3. The molecule has 0 saturated heterocycles. The van der Waals surface area contributed by atoms with Gasteiger partial charge in [0.15, 0.2) is 0 Å². The van der Waals surface area contributed by atoms with E-state index in [9.17, 15) is 14.4 Å². The summed E-state index contributed by atoms with van der Waals surface area (Å²) < 4.78 is 1.30. The van der Waals surface area contributed by atoms with Gasteiger partial charge in [-0.3, -0.25) is 14.4 Å². The zero-order chi connectivity index (χ0) is 21.7. The molecule has 0 radical (unpaired) electrons. The maximum absolute atomic E-state index is 12.9. The van der Waals surface area contributed by atoms with E-state index in [0.29, 0.717) is 5.56 Å². The first-order valence-corrected chi connectivity index (χ1v) is 9.69. The van der Waals surface area contributed by atoms with Gasteiger partial charge in [0.05, 0.1) is 5.56 Å². The van der Waals surface area contributed by atoms with E-state index in [1.54, 1.807) is 21.1 Å². The number of hydrogen-bond acceptors (Lipinski definition) is 3. The predicted octanol–water partition coefficient (Wildman–Crippen LogP) is 3.25. The van der Waals surface area contributed by atoms with Crippen molar-refractivity contribution in [3.63, 3.8) is 0 Å². The van der Waals surface area contributed by atoms with Crippen LogP contribution in [-0.2, 0) is 11.8 Å². The molecule has 3 aromatic rings. The Morgan fingerprint density at radius 2 is 1.50 bits per heavy atom. The van der Waals surface area contributed by atoms with Crippen LogP contribution in [0.2, 0.25) is 0 Å². The van der Waals surface area contributed by atoms with Crippen molar-refractivity contribution in [2.24, 2.45) is 7.05 Å². The van der Waals surface area contributed by atoms with Crippen LogP contribution < -0.4 is 10.9 Å². The summed E-state index contributed by atoms with van der Waals surface area (Å²) in [6, 6.07) is 21.0. The van der Waals surface area contributed by atoms with Crippen LogP contribution in [0, 0.1) is 0 Å². The van der Waals surface area contributed by atoms with Crippen LogP contribution in [0.1, 0.15) is 33.8 Å². The van der Waals surface area contributed by atoms with Crippen molar-refractivity contribution in [1.29, 1.82) is 0 Å². The summed E-state index contributed by atoms with van der Waals surface area (Å²) in [6.07, 6.45) is 1.64. The number of nitrogens with zero attached hydrogens (tertiary/aromatic N) is 2. The van der Waals surface area contributed by atoms with Crippen molar-refractivity contribution >= 4 is 17.5 Å². The van der Waals surface area contributed by atoms with Crippen LogP contribution in [0.15, 0.2) is 77.7 Å². The first kappa shape index (κ1) is 21.0. The van der Waals surface area contributed by atoms with Gasteiger partial charge < -0.3 is 14.8 Å². The number of anilines is 1. The fourth-order valence-electron chi connectivity index (χ4n) is 3.36. The lowest BCUT2D eigenvalue weighted by atomic mass is 9.88. The molecular weight excluding hydrogens is 378 g/mol. The van der Waals surface area contributed by atoms with E-state index in [4.69, 9.17) is 0 Å². The fraction of sp³-hybridized carbons (Fsp3) is 0.208. The van der Waals surface area contributed by atoms with Gasteiger partial charge in [0.25, 0.3) is 11.5 Å². The van der Waals surface area contributed by atoms with E-state index < -0.39 is 0 Å². The third kappa shape index (κ3) is 4.84. The van der Waals surface area contributed by atoms with Gasteiger partial charge in [-0.05, 0) is 17.2 Å². The molecule has 0 unspecified atom stereocenters. The van der Waals surface area contributed by atoms with Crippen molar-refractivity contribution in [1.82, 2.24) is 9.47 Å². The molecule has 0 aliphatic carbocycles. The molecule has 0 bridgehead atoms. The largest absolute Gasteiger partial charge is 0.345 e. The molecule has 154 valence electrons. The Morgan fingerprint density at radius 3 is 2.00 bits per heavy atom. The van der Waals surface area contributed by atoms with E-state index in [-0.39, 0.29) is 35.4 Å². The number of nitrogens with one attached hydrogen (secondary N) is 1. The number of benzene rings is 2. The van der Waals surface area contributed by atoms with Crippen molar-refractivity contribution in [3.05, 3.63) is 100.0 Å². The van der Waals surface area contributed by atoms with Crippen LogP contribution in [0.3, 0.4) is 0 Å². The molecule has 2 amide bonds. The molecule has 1 heterocycles. The molecule has 0 fully saturated rings. The van der Waals surface area contributed by atoms with Crippen molar-refractivity contribution in [3.8, 4) is 0 Å². The van der Waals surface area contributed by atoms with Gasteiger partial charge in [0.1, 0.15) is 5.69 Å². The number of amides is 2. The molecule has 1 aromatic heterocycles. The van der Waals surface area contributed by atoms with E-state index in [1.807, 2.05) is 60.7 Å². The van der Waals surface area contributed by atoms with Gasteiger partial charge in [-0.15, -0.1) is 0 Å². The second-order valence-electron chi connectivity index (χ2n) is 7.38. The molecule has 1 N–H and O–H groups in total. The fourth-order valence-corrected chi connectivity index (χ4v) is 3.36. The molecule has 3 rings (SSSR count). The molecule has 0 saturated carbocycles. The Labute approximate surface area is 175 Å². The van der Waals surface area contributed by atoms with Crippen molar-refractivity contribution in [2.45, 2.75) is 12.3 Å². The van der Waals surface area contributed by atoms with Crippen molar-refractivity contribution in [2.75, 3.05) is 19.4 Å². The summed E-state index contributed by atoms with van der Waals surface area (Å²) in [5.74, 6) is -0.686. The van der Waals surface area contributed by atoms with Crippen LogP contribution in [0.25, 0.3) is 0 Å². The van der Waals surface area contributed by atoms with Gasteiger partial charge >= 0.3 is 0 Å². The maximum atomic E-state index is 12.9. The number of carbonyl (C=O) groups excluding carboxylic acids is 2. The normalized spacial score (nSPS) is 10.7. The minimum Gasteiger partial charge on any atom is -0.345 e. The summed E-state index contributed by atoms with van der Waals surface area (Å²) in [5.41, 5.74) is 2.09. The number of aromatic nitrogens is 1. The summed E-state index contributed by atoms with van der Waals surface area (Å²) in [5, 5.41) is 2.71. The number of carbonyl (C=O) groups is 2. The van der Waals surface area contributed by atoms with Crippen LogP contribution in [0.4, 0.5) is 5.69 Å². The quantitative estimate of drug-likeness (QED) is 0.687. The molecule has 30 heavy (non-hydrogen) atoms. The highest BCUT2D eigenvalue weighted by molar-refractivity contribution is 5.96. The third-order valence-corrected chi connectivity index (χ3v) is 4.90. The maximum Gasteiger partial charge on any atom is 0.274 e. The van der Waals surface area contributed by atoms with Crippen LogP contribution in [-0.4, -0.2) is 35.4 Å². The summed E-state index contributed by atoms with van der Waals surface area (Å²) in [4.78, 5) is 39.1. The molecule has 2 aromatic carbocycles. The Kier molecular flexibility index (Phi) is 6.47. The highest BCUT2D eigenvalue weighted by Gasteiger charge is 2.20. The average Bonchev–Trinajstić information content (AvgIpc) is 2.75. The summed E-state index contributed by atoms with van der Waals surface area (Å²) in [6.45, 7) is 0. The smallest absolute Gasteiger partial charge is 0.274 e. The lowest BCUT2D eigenvalue weighted by Crippen LogP contribution is -2.28. The van der Waals surface area contributed by atoms with Gasteiger partial charge in [-0.25, -0.2) is 0 Å². The Hall–Kier alpha value is -3.67. The standard InChI is InChI=1S/C24H25N3O3/c1-26(2)23(29)19-14-21(24(30)27(3)16-19)25-22(28)15-20(17-10-6-4-7-11-17)18-12-8-5-9-13-18/h4-14,16,20H,15H2,1-3H3,(H,25,28). The lowest BCUT2D eigenvalue weighted by Gasteiger charge is -2.18. The monoisotopic (exact) mass is 403 g/mol. The summed E-state index contributed by atoms with van der Waals surface area (Å²) >= 11 is 0. The lowest BCUT2D eigenvalue weighted by molar-refractivity contribution is -0.116. The third-order valence-electron chi connectivity index (χ3n) is 4.90. The highest BCUT2D eigenvalue weighted by atomic mass is 16.2. The molecule has 6 nitrogen and oxygen atoms in total. The van der Waals surface area contributed by atoms with Gasteiger partial charge in [-0.1, -0.05) is 60.7 Å². The Morgan fingerprint density at radius 1 is 0.967 bits per heavy atom. The SMILES string of the molecule is CN(C)C(=O)c1cc(NC(=O)CC(c2ccccc2)c2ccccc2)c(=O)n(C)c1. The highest BCUT2D eigenvalue weighted by Crippen LogP contribution is 2.28. The van der Waals surface area contributed by atoms with Crippen LogP contribution in [0.5, 0.6) is 0 Å². The number of hydrogen-bond donors (Lipinski definition) is 1. The van der Waals surface area contributed by atoms with Gasteiger partial charge in [0, 0.05) is 39.7 Å². The molecule has 0 aliphatic rings. The molecule has 0 aliphatic heterocycles. The second-order valence-corrected chi connectivity index (χ2v) is 7.38. The van der Waals surface area contributed by atoms with Gasteiger partial charge in [0.2, 0.25) is 5.91 Å². The van der Waals surface area contributed by atoms with E-state index in [1.165, 1.54) is 21.7 Å². The van der Waals surface area contributed by atoms with E-state index in [0.717, 1.165) is 11.1 Å². The molecule has 0 atom stereocenters. The van der Waals surface area contributed by atoms with E-state index >= 15 is 0 Å². The Bertz CT molecular complexity index is 1050. The first-order chi connectivity index (χ1) is 14.4. The van der Waals surface area contributed by atoms with Gasteiger partial charge in [-0.2, -0.15) is 0 Å². The van der Waals surface area contributed by atoms with E-state index in [2.05, 4.69) is 5.32 Å². The zero-order valence-corrected chi connectivity index (χ0v) is 17.3. The molecule has 0 spiro atoms. The first-order valence-electron chi connectivity index (χ1n) is 9.69.